The second-order valence-corrected chi connectivity index (χ2v) is 7.72. The first-order chi connectivity index (χ1) is 12.9. The number of rotatable bonds is 9. The van der Waals surface area contributed by atoms with E-state index >= 15 is 0 Å². The molecule has 1 aromatic carbocycles. The van der Waals surface area contributed by atoms with Crippen molar-refractivity contribution in [1.82, 2.24) is 14.6 Å². The zero-order chi connectivity index (χ0) is 19.9. The zero-order valence-corrected chi connectivity index (χ0v) is 16.6. The number of hydrogen-bond donors (Lipinski definition) is 1. The Morgan fingerprint density at radius 1 is 1.19 bits per heavy atom. The molecule has 8 heteroatoms. The Balaban J connectivity index is 2.20. The molecule has 0 saturated heterocycles. The number of amides is 1. The number of benzene rings is 1. The van der Waals surface area contributed by atoms with Crippen LogP contribution in [0.25, 0.3) is 0 Å². The lowest BCUT2D eigenvalue weighted by Gasteiger charge is -2.19. The van der Waals surface area contributed by atoms with E-state index in [1.165, 1.54) is 29.6 Å². The van der Waals surface area contributed by atoms with Crippen LogP contribution in [0.4, 0.5) is 0 Å². The molecule has 0 fully saturated rings. The van der Waals surface area contributed by atoms with E-state index in [9.17, 15) is 13.2 Å². The fourth-order valence-corrected chi connectivity index (χ4v) is 4.17. The quantitative estimate of drug-likeness (QED) is 0.707. The summed E-state index contributed by atoms with van der Waals surface area (Å²) in [6, 6.07) is 9.91. The van der Waals surface area contributed by atoms with Crippen molar-refractivity contribution in [2.75, 3.05) is 26.7 Å². The highest BCUT2D eigenvalue weighted by atomic mass is 32.2. The normalized spacial score (nSPS) is 11.4. The van der Waals surface area contributed by atoms with Crippen molar-refractivity contribution in [3.63, 3.8) is 0 Å². The van der Waals surface area contributed by atoms with E-state index in [1.807, 2.05) is 18.2 Å². The number of methoxy groups -OCH3 is 1. The van der Waals surface area contributed by atoms with Gasteiger partial charge in [0.05, 0.1) is 17.6 Å². The lowest BCUT2D eigenvalue weighted by molar-refractivity contribution is 0.0951. The summed E-state index contributed by atoms with van der Waals surface area (Å²) >= 11 is 0. The first-order valence-electron chi connectivity index (χ1n) is 8.80. The Bertz CT molecular complexity index is 866. The molecule has 1 N–H and O–H groups in total. The van der Waals surface area contributed by atoms with E-state index in [4.69, 9.17) is 4.74 Å². The number of pyridine rings is 1. The van der Waals surface area contributed by atoms with E-state index in [0.29, 0.717) is 31.8 Å². The van der Waals surface area contributed by atoms with E-state index < -0.39 is 10.0 Å². The maximum Gasteiger partial charge on any atom is 0.255 e. The Morgan fingerprint density at radius 3 is 2.52 bits per heavy atom. The van der Waals surface area contributed by atoms with Crippen molar-refractivity contribution in [1.29, 1.82) is 0 Å². The second-order valence-electron chi connectivity index (χ2n) is 5.78. The van der Waals surface area contributed by atoms with Crippen molar-refractivity contribution in [2.24, 2.45) is 0 Å². The molecule has 1 amide bonds. The molecule has 0 saturated carbocycles. The summed E-state index contributed by atoms with van der Waals surface area (Å²) in [6.45, 7) is 4.64. The molecule has 0 bridgehead atoms. The number of hydrogen-bond acceptors (Lipinski definition) is 5. The van der Waals surface area contributed by atoms with Gasteiger partial charge in [0.1, 0.15) is 5.75 Å². The first-order valence-corrected chi connectivity index (χ1v) is 10.2. The Hall–Kier alpha value is -2.45. The minimum atomic E-state index is -3.66. The fourth-order valence-electron chi connectivity index (χ4n) is 2.68. The van der Waals surface area contributed by atoms with E-state index in [1.54, 1.807) is 20.0 Å². The summed E-state index contributed by atoms with van der Waals surface area (Å²) in [5, 5.41) is 2.79. The smallest absolute Gasteiger partial charge is 0.255 e. The largest absolute Gasteiger partial charge is 0.496 e. The summed E-state index contributed by atoms with van der Waals surface area (Å²) in [5.74, 6) is -0.0665. The van der Waals surface area contributed by atoms with Gasteiger partial charge in [-0.05, 0) is 30.3 Å². The highest BCUT2D eigenvalue weighted by Crippen LogP contribution is 2.24. The topological polar surface area (TPSA) is 88.6 Å². The molecule has 0 aliphatic rings. The number of aromatic nitrogens is 1. The van der Waals surface area contributed by atoms with Gasteiger partial charge in [0, 0.05) is 37.9 Å². The molecule has 2 rings (SSSR count). The average Bonchev–Trinajstić information content (AvgIpc) is 2.69. The highest BCUT2D eigenvalue weighted by molar-refractivity contribution is 7.89. The Morgan fingerprint density at radius 2 is 1.93 bits per heavy atom. The van der Waals surface area contributed by atoms with Crippen LogP contribution in [0, 0.1) is 0 Å². The minimum Gasteiger partial charge on any atom is -0.496 e. The second kappa shape index (κ2) is 9.48. The molecular formula is C19H25N3O4S. The van der Waals surface area contributed by atoms with Crippen LogP contribution >= 0.6 is 0 Å². The van der Waals surface area contributed by atoms with Crippen LogP contribution in [0.15, 0.2) is 47.5 Å². The van der Waals surface area contributed by atoms with Crippen LogP contribution < -0.4 is 10.1 Å². The van der Waals surface area contributed by atoms with Gasteiger partial charge in [0.2, 0.25) is 10.0 Å². The first kappa shape index (κ1) is 20.9. The van der Waals surface area contributed by atoms with Crippen LogP contribution in [0.2, 0.25) is 0 Å². The van der Waals surface area contributed by atoms with E-state index in [2.05, 4.69) is 10.3 Å². The van der Waals surface area contributed by atoms with E-state index in [0.717, 1.165) is 5.69 Å². The fraction of sp³-hybridized carbons (Fsp3) is 0.368. The summed E-state index contributed by atoms with van der Waals surface area (Å²) in [4.78, 5) is 16.9. The number of nitrogens with zero attached hydrogens (tertiary/aromatic N) is 2. The summed E-state index contributed by atoms with van der Waals surface area (Å²) in [5.41, 5.74) is 1.05. The zero-order valence-electron chi connectivity index (χ0n) is 15.8. The van der Waals surface area contributed by atoms with Gasteiger partial charge in [-0.25, -0.2) is 8.42 Å². The third-order valence-corrected chi connectivity index (χ3v) is 6.20. The highest BCUT2D eigenvalue weighted by Gasteiger charge is 2.24. The molecule has 0 aliphatic heterocycles. The number of nitrogens with one attached hydrogen (secondary N) is 1. The molecule has 0 atom stereocenters. The number of sulfonamides is 1. The van der Waals surface area contributed by atoms with Gasteiger partial charge in [-0.1, -0.05) is 19.9 Å². The van der Waals surface area contributed by atoms with Crippen LogP contribution in [0.5, 0.6) is 5.75 Å². The Labute approximate surface area is 160 Å². The molecule has 1 aromatic heterocycles. The molecule has 0 unspecified atom stereocenters. The van der Waals surface area contributed by atoms with Gasteiger partial charge in [-0.2, -0.15) is 4.31 Å². The standard InChI is InChI=1S/C19H25N3O4S/c1-4-22(5-2)27(24,25)16-9-10-18(26-3)17(14-16)19(23)21-13-11-15-8-6-7-12-20-15/h6-10,12,14H,4-5,11,13H2,1-3H3,(H,21,23). The molecule has 0 radical (unpaired) electrons. The lowest BCUT2D eigenvalue weighted by atomic mass is 10.2. The van der Waals surface area contributed by atoms with Gasteiger partial charge >= 0.3 is 0 Å². The minimum absolute atomic E-state index is 0.0712. The van der Waals surface area contributed by atoms with Gasteiger partial charge in [-0.15, -0.1) is 0 Å². The van der Waals surface area contributed by atoms with E-state index in [-0.39, 0.29) is 16.4 Å². The number of carbonyl (C=O) groups excluding carboxylic acids is 1. The van der Waals surface area contributed by atoms with Gasteiger partial charge in [0.15, 0.2) is 0 Å². The van der Waals surface area contributed by atoms with Crippen LogP contribution in [-0.2, 0) is 16.4 Å². The molecule has 1 heterocycles. The van der Waals surface area contributed by atoms with Crippen molar-refractivity contribution in [3.8, 4) is 5.75 Å². The lowest BCUT2D eigenvalue weighted by Crippen LogP contribution is -2.31. The maximum absolute atomic E-state index is 12.7. The monoisotopic (exact) mass is 391 g/mol. The maximum atomic E-state index is 12.7. The van der Waals surface area contributed by atoms with Gasteiger partial charge in [-0.3, -0.25) is 9.78 Å². The Kier molecular flexibility index (Phi) is 7.32. The molecule has 2 aromatic rings. The summed E-state index contributed by atoms with van der Waals surface area (Å²) in [6.07, 6.45) is 2.27. The van der Waals surface area contributed by atoms with Gasteiger partial charge in [0.25, 0.3) is 5.91 Å². The molecule has 7 nitrogen and oxygen atoms in total. The SMILES string of the molecule is CCN(CC)S(=O)(=O)c1ccc(OC)c(C(=O)NCCc2ccccn2)c1. The van der Waals surface area contributed by atoms with Crippen LogP contribution in [0.1, 0.15) is 29.9 Å². The average molecular weight is 391 g/mol. The third kappa shape index (κ3) is 5.05. The molecule has 0 spiro atoms. The summed E-state index contributed by atoms with van der Waals surface area (Å²) < 4.78 is 32.0. The third-order valence-electron chi connectivity index (χ3n) is 4.15. The van der Waals surface area contributed by atoms with Crippen molar-refractivity contribution in [2.45, 2.75) is 25.2 Å². The summed E-state index contributed by atoms with van der Waals surface area (Å²) in [7, 11) is -2.21. The number of ether oxygens (including phenoxy) is 1. The predicted molar refractivity (Wildman–Crippen MR) is 103 cm³/mol. The van der Waals surface area contributed by atoms with Crippen molar-refractivity contribution < 1.29 is 17.9 Å². The van der Waals surface area contributed by atoms with Crippen LogP contribution in [0.3, 0.4) is 0 Å². The molecule has 146 valence electrons. The molecule has 27 heavy (non-hydrogen) atoms. The van der Waals surface area contributed by atoms with Crippen molar-refractivity contribution >= 4 is 15.9 Å². The molecular weight excluding hydrogens is 366 g/mol. The van der Waals surface area contributed by atoms with Crippen molar-refractivity contribution in [3.05, 3.63) is 53.9 Å². The number of carbonyl (C=O) groups is 1. The van der Waals surface area contributed by atoms with Crippen LogP contribution in [-0.4, -0.2) is 50.4 Å². The molecule has 0 aliphatic carbocycles. The van der Waals surface area contributed by atoms with Gasteiger partial charge < -0.3 is 10.1 Å². The predicted octanol–water partition coefficient (Wildman–Crippen LogP) is 2.09.